The first kappa shape index (κ1) is 14.1. The van der Waals surface area contributed by atoms with Crippen LogP contribution in [0.2, 0.25) is 5.82 Å². The Morgan fingerprint density at radius 3 is 2.35 bits per heavy atom. The fourth-order valence-corrected chi connectivity index (χ4v) is 3.32. The highest BCUT2D eigenvalue weighted by molar-refractivity contribution is 6.48. The van der Waals surface area contributed by atoms with Crippen molar-refractivity contribution in [3.8, 4) is 0 Å². The minimum atomic E-state index is -0.352. The average Bonchev–Trinajstić information content (AvgIpc) is 3.05. The van der Waals surface area contributed by atoms with Gasteiger partial charge in [0.25, 0.3) is 0 Å². The highest BCUT2D eigenvalue weighted by Gasteiger charge is 2.63. The van der Waals surface area contributed by atoms with E-state index in [0.29, 0.717) is 5.92 Å². The number of esters is 1. The molecule has 20 heavy (non-hydrogen) atoms. The molecule has 3 aliphatic rings. The van der Waals surface area contributed by atoms with Gasteiger partial charge >= 0.3 is 13.1 Å². The number of ether oxygens (including phenoxy) is 1. The van der Waals surface area contributed by atoms with Crippen molar-refractivity contribution in [1.82, 2.24) is 0 Å². The van der Waals surface area contributed by atoms with Gasteiger partial charge in [0.05, 0.1) is 23.7 Å². The van der Waals surface area contributed by atoms with Gasteiger partial charge < -0.3 is 14.0 Å². The smallest absolute Gasteiger partial charge is 0.465 e. The number of fused-ring (bicyclic) bond motifs is 1. The summed E-state index contributed by atoms with van der Waals surface area (Å²) in [5.41, 5.74) is -0.952. The van der Waals surface area contributed by atoms with Crippen molar-refractivity contribution in [2.45, 2.75) is 57.6 Å². The largest absolute Gasteiger partial charge is 0.468 e. The summed E-state index contributed by atoms with van der Waals surface area (Å²) in [5, 5.41) is 0. The Morgan fingerprint density at radius 1 is 1.25 bits per heavy atom. The van der Waals surface area contributed by atoms with E-state index in [2.05, 4.69) is 33.8 Å². The van der Waals surface area contributed by atoms with Crippen LogP contribution in [0.1, 0.15) is 40.5 Å². The molecule has 4 nitrogen and oxygen atoms in total. The van der Waals surface area contributed by atoms with Gasteiger partial charge in [0.2, 0.25) is 0 Å². The molecule has 0 N–H and O–H groups in total. The Kier molecular flexibility index (Phi) is 2.90. The lowest BCUT2D eigenvalue weighted by molar-refractivity contribution is -0.145. The first-order chi connectivity index (χ1) is 9.22. The van der Waals surface area contributed by atoms with E-state index in [4.69, 9.17) is 14.0 Å². The average molecular weight is 278 g/mol. The summed E-state index contributed by atoms with van der Waals surface area (Å²) in [6, 6.07) is 0. The highest BCUT2D eigenvalue weighted by atomic mass is 16.7. The summed E-state index contributed by atoms with van der Waals surface area (Å²) >= 11 is 0. The normalized spacial score (nSPS) is 40.4. The maximum absolute atomic E-state index is 11.8. The van der Waals surface area contributed by atoms with Crippen LogP contribution in [-0.4, -0.2) is 31.4 Å². The lowest BCUT2D eigenvalue weighted by Crippen LogP contribution is -2.41. The first-order valence-electron chi connectivity index (χ1n) is 7.35. The molecule has 0 aromatic rings. The second-order valence-electron chi connectivity index (χ2n) is 7.32. The van der Waals surface area contributed by atoms with Crippen molar-refractivity contribution in [2.24, 2.45) is 11.3 Å². The van der Waals surface area contributed by atoms with E-state index in [0.717, 1.165) is 12.8 Å². The summed E-state index contributed by atoms with van der Waals surface area (Å²) in [5.74, 6) is 0.497. The van der Waals surface area contributed by atoms with Crippen LogP contribution in [0.5, 0.6) is 0 Å². The Hall–Kier alpha value is -0.805. The van der Waals surface area contributed by atoms with Crippen molar-refractivity contribution >= 4 is 13.1 Å². The summed E-state index contributed by atoms with van der Waals surface area (Å²) in [7, 11) is 1.24. The molecular weight excluding hydrogens is 255 g/mol. The molecule has 1 saturated heterocycles. The van der Waals surface area contributed by atoms with E-state index in [1.807, 2.05) is 6.08 Å². The third-order valence-corrected chi connectivity index (χ3v) is 5.54. The summed E-state index contributed by atoms with van der Waals surface area (Å²) < 4.78 is 17.1. The zero-order chi connectivity index (χ0) is 14.8. The monoisotopic (exact) mass is 278 g/mol. The standard InChI is InChI=1S/C15H23BO4/c1-13(2)14(3,4)20-16(19-13)11-6-7-15(12(17)18-5)9-10(15)8-11/h6-7,10-11H,8-9H2,1-5H3. The molecule has 3 unspecified atom stereocenters. The minimum Gasteiger partial charge on any atom is -0.468 e. The van der Waals surface area contributed by atoms with Gasteiger partial charge in [0, 0.05) is 5.82 Å². The molecule has 0 aromatic carbocycles. The van der Waals surface area contributed by atoms with Crippen LogP contribution >= 0.6 is 0 Å². The number of allylic oxidation sites excluding steroid dienone is 1. The van der Waals surface area contributed by atoms with E-state index in [1.54, 1.807) is 0 Å². The molecule has 0 spiro atoms. The summed E-state index contributed by atoms with van der Waals surface area (Å²) in [6.07, 6.45) is 5.93. The Morgan fingerprint density at radius 2 is 1.85 bits per heavy atom. The van der Waals surface area contributed by atoms with Gasteiger partial charge in [-0.25, -0.2) is 0 Å². The zero-order valence-corrected chi connectivity index (χ0v) is 12.9. The molecule has 0 aromatic heterocycles. The number of rotatable bonds is 2. The fourth-order valence-electron chi connectivity index (χ4n) is 3.32. The van der Waals surface area contributed by atoms with Crippen LogP contribution in [0.15, 0.2) is 12.2 Å². The summed E-state index contributed by atoms with van der Waals surface area (Å²) in [4.78, 5) is 11.8. The van der Waals surface area contributed by atoms with Crippen LogP contribution in [0, 0.1) is 11.3 Å². The first-order valence-corrected chi connectivity index (χ1v) is 7.35. The molecular formula is C15H23BO4. The predicted octanol–water partition coefficient (Wildman–Crippen LogP) is 2.59. The van der Waals surface area contributed by atoms with Crippen molar-refractivity contribution in [2.75, 3.05) is 7.11 Å². The molecule has 2 fully saturated rings. The van der Waals surface area contributed by atoms with Crippen molar-refractivity contribution in [3.05, 3.63) is 12.2 Å². The molecule has 1 saturated carbocycles. The SMILES string of the molecule is COC(=O)C12C=CC(B3OC(C)(C)C(C)(C)O3)CC1C2. The Balaban J connectivity index is 1.73. The lowest BCUT2D eigenvalue weighted by atomic mass is 9.66. The van der Waals surface area contributed by atoms with Gasteiger partial charge in [-0.3, -0.25) is 4.79 Å². The second-order valence-corrected chi connectivity index (χ2v) is 7.32. The lowest BCUT2D eigenvalue weighted by Gasteiger charge is -2.32. The summed E-state index contributed by atoms with van der Waals surface area (Å²) in [6.45, 7) is 8.26. The number of hydrogen-bond donors (Lipinski definition) is 0. The molecule has 2 aliphatic carbocycles. The Bertz CT molecular complexity index is 454. The molecule has 0 bridgehead atoms. The molecule has 3 rings (SSSR count). The number of carbonyl (C=O) groups excluding carboxylic acids is 1. The molecule has 1 aliphatic heterocycles. The van der Waals surface area contributed by atoms with Crippen molar-refractivity contribution in [3.63, 3.8) is 0 Å². The predicted molar refractivity (Wildman–Crippen MR) is 76.1 cm³/mol. The van der Waals surface area contributed by atoms with Crippen LogP contribution < -0.4 is 0 Å². The van der Waals surface area contributed by atoms with Gasteiger partial charge in [-0.05, 0) is 46.5 Å². The van der Waals surface area contributed by atoms with Crippen molar-refractivity contribution < 1.29 is 18.8 Å². The Labute approximate surface area is 121 Å². The van der Waals surface area contributed by atoms with Crippen LogP contribution in [-0.2, 0) is 18.8 Å². The van der Waals surface area contributed by atoms with E-state index >= 15 is 0 Å². The van der Waals surface area contributed by atoms with Gasteiger partial charge in [-0.15, -0.1) is 0 Å². The third-order valence-electron chi connectivity index (χ3n) is 5.54. The second kappa shape index (κ2) is 4.11. The quantitative estimate of drug-likeness (QED) is 0.442. The zero-order valence-electron chi connectivity index (χ0n) is 12.9. The molecule has 1 heterocycles. The molecule has 3 atom stereocenters. The number of methoxy groups -OCH3 is 1. The highest BCUT2D eigenvalue weighted by Crippen LogP contribution is 2.62. The van der Waals surface area contributed by atoms with Crippen LogP contribution in [0.25, 0.3) is 0 Å². The van der Waals surface area contributed by atoms with Crippen molar-refractivity contribution in [1.29, 1.82) is 0 Å². The molecule has 0 amide bonds. The van der Waals surface area contributed by atoms with Gasteiger partial charge in [-0.1, -0.05) is 12.2 Å². The van der Waals surface area contributed by atoms with Gasteiger partial charge in [-0.2, -0.15) is 0 Å². The third kappa shape index (κ3) is 1.86. The van der Waals surface area contributed by atoms with Crippen LogP contribution in [0.3, 0.4) is 0 Å². The molecule has 110 valence electrons. The maximum Gasteiger partial charge on any atom is 0.465 e. The topological polar surface area (TPSA) is 44.8 Å². The number of carbonyl (C=O) groups is 1. The van der Waals surface area contributed by atoms with Crippen LogP contribution in [0.4, 0.5) is 0 Å². The number of hydrogen-bond acceptors (Lipinski definition) is 4. The van der Waals surface area contributed by atoms with E-state index in [-0.39, 0.29) is 35.5 Å². The molecule has 5 heteroatoms. The van der Waals surface area contributed by atoms with Gasteiger partial charge in [0.15, 0.2) is 0 Å². The van der Waals surface area contributed by atoms with E-state index in [9.17, 15) is 4.79 Å². The maximum atomic E-state index is 11.8. The minimum absolute atomic E-state index is 0.105. The fraction of sp³-hybridized carbons (Fsp3) is 0.800. The van der Waals surface area contributed by atoms with E-state index in [1.165, 1.54) is 7.11 Å². The van der Waals surface area contributed by atoms with E-state index < -0.39 is 0 Å². The molecule has 0 radical (unpaired) electrons. The van der Waals surface area contributed by atoms with Gasteiger partial charge in [0.1, 0.15) is 0 Å².